The van der Waals surface area contributed by atoms with E-state index in [9.17, 15) is 0 Å². The fraction of sp³-hybridized carbons (Fsp3) is 0.297. The highest BCUT2D eigenvalue weighted by atomic mass is 32.2. The zero-order valence-corrected chi connectivity index (χ0v) is 53.6. The molecule has 0 amide bonds. The first kappa shape index (κ1) is 66.7. The van der Waals surface area contributed by atoms with Crippen molar-refractivity contribution in [1.82, 2.24) is 0 Å². The molecule has 0 spiro atoms. The summed E-state index contributed by atoms with van der Waals surface area (Å²) in [6.45, 7) is 0. The predicted molar refractivity (Wildman–Crippen MR) is 355 cm³/mol. The quantitative estimate of drug-likeness (QED) is 0.0459. The van der Waals surface area contributed by atoms with Crippen molar-refractivity contribution in [2.24, 2.45) is 11.8 Å². The highest BCUT2D eigenvalue weighted by Gasteiger charge is 2.61. The molecule has 8 rings (SSSR count). The minimum Gasteiger partial charge on any atom is -0.496 e. The summed E-state index contributed by atoms with van der Waals surface area (Å²) in [7, 11) is 14.7. The molecule has 14 nitrogen and oxygen atoms in total. The molecule has 89 heavy (non-hydrogen) atoms. The van der Waals surface area contributed by atoms with Gasteiger partial charge < -0.3 is 56.8 Å². The van der Waals surface area contributed by atoms with E-state index in [-0.39, 0.29) is 0 Å². The molecule has 6 aromatic rings. The van der Waals surface area contributed by atoms with Crippen molar-refractivity contribution < 1.29 is 65.3 Å². The van der Waals surface area contributed by atoms with Crippen molar-refractivity contribution in [1.29, 1.82) is 0 Å². The SMILES string of the molecule is COc1ccccc1/C=C/C1=CC(/C=C/c2ccccc2OC)(OC)C(OC)C(/C=C/c2ccccc2OC)(OC)C1CS(=O)(=O)CC1C(/C=C/c2ccccc2OC)=CC(/C=C/c2ccccc2OC)(OC)C(OC)C1(/C=C/c1ccccc1OC)OC. The first-order valence-corrected chi connectivity index (χ1v) is 30.9. The molecule has 0 heterocycles. The third kappa shape index (κ3) is 14.3. The van der Waals surface area contributed by atoms with Gasteiger partial charge in [-0.05, 0) is 84.0 Å². The molecule has 2 aliphatic rings. The molecule has 0 bridgehead atoms. The summed E-state index contributed by atoms with van der Waals surface area (Å²) >= 11 is 0. The van der Waals surface area contributed by atoms with Gasteiger partial charge in [0.1, 0.15) is 69.1 Å². The smallest absolute Gasteiger partial charge is 0.151 e. The summed E-state index contributed by atoms with van der Waals surface area (Å²) in [6, 6.07) is 45.5. The summed E-state index contributed by atoms with van der Waals surface area (Å²) < 4.78 is 109. The van der Waals surface area contributed by atoms with Gasteiger partial charge in [0.25, 0.3) is 0 Å². The fourth-order valence-electron chi connectivity index (χ4n) is 12.4. The summed E-state index contributed by atoms with van der Waals surface area (Å²) in [4.78, 5) is 0. The van der Waals surface area contributed by atoms with Gasteiger partial charge in [-0.1, -0.05) is 158 Å². The Balaban J connectivity index is 1.43. The third-order valence-electron chi connectivity index (χ3n) is 16.9. The minimum atomic E-state index is -4.41. The van der Waals surface area contributed by atoms with Gasteiger partial charge in [-0.3, -0.25) is 0 Å². The van der Waals surface area contributed by atoms with Crippen LogP contribution >= 0.6 is 0 Å². The number of allylic oxidation sites excluding steroid dienone is 2. The number of methoxy groups -OCH3 is 12. The molecule has 0 N–H and O–H groups in total. The van der Waals surface area contributed by atoms with Gasteiger partial charge in [-0.15, -0.1) is 0 Å². The summed E-state index contributed by atoms with van der Waals surface area (Å²) in [5.41, 5.74) is -0.692. The average Bonchev–Trinajstić information content (AvgIpc) is 0.752. The van der Waals surface area contributed by atoms with Crippen LogP contribution in [0.5, 0.6) is 34.5 Å². The second-order valence-corrected chi connectivity index (χ2v) is 23.5. The van der Waals surface area contributed by atoms with E-state index in [4.69, 9.17) is 56.8 Å². The van der Waals surface area contributed by atoms with Crippen LogP contribution in [0.1, 0.15) is 33.4 Å². The van der Waals surface area contributed by atoms with E-state index >= 15 is 8.42 Å². The molecule has 0 saturated carbocycles. The van der Waals surface area contributed by atoms with E-state index in [0.717, 1.165) is 22.3 Å². The molecule has 0 fully saturated rings. The Hall–Kier alpha value is -8.25. The van der Waals surface area contributed by atoms with Gasteiger partial charge >= 0.3 is 0 Å². The molecule has 0 aromatic heterocycles. The molecule has 468 valence electrons. The lowest BCUT2D eigenvalue weighted by Gasteiger charge is -2.53. The van der Waals surface area contributed by atoms with Crippen molar-refractivity contribution in [2.75, 3.05) is 96.8 Å². The lowest BCUT2D eigenvalue weighted by molar-refractivity contribution is -0.176. The van der Waals surface area contributed by atoms with Crippen LogP contribution in [0.4, 0.5) is 0 Å². The van der Waals surface area contributed by atoms with Crippen molar-refractivity contribution in [3.05, 3.63) is 239 Å². The zero-order valence-electron chi connectivity index (χ0n) is 52.8. The molecular weight excluding hydrogens is 1140 g/mol. The molecule has 6 aromatic carbocycles. The number of ether oxygens (including phenoxy) is 12. The maximum absolute atomic E-state index is 16.6. The summed E-state index contributed by atoms with van der Waals surface area (Å²) in [5, 5.41) is 0. The number of rotatable bonds is 28. The highest BCUT2D eigenvalue weighted by Crippen LogP contribution is 2.51. The monoisotopic (exact) mass is 1230 g/mol. The second-order valence-electron chi connectivity index (χ2n) is 21.4. The Morgan fingerprint density at radius 2 is 0.573 bits per heavy atom. The number of hydrogen-bond donors (Lipinski definition) is 0. The van der Waals surface area contributed by atoms with Gasteiger partial charge in [0, 0.05) is 87.9 Å². The van der Waals surface area contributed by atoms with Gasteiger partial charge in [0.15, 0.2) is 9.84 Å². The highest BCUT2D eigenvalue weighted by molar-refractivity contribution is 7.91. The Morgan fingerprint density at radius 1 is 0.326 bits per heavy atom. The Bertz CT molecular complexity index is 3490. The van der Waals surface area contributed by atoms with Gasteiger partial charge in [-0.2, -0.15) is 0 Å². The largest absolute Gasteiger partial charge is 0.496 e. The topological polar surface area (TPSA) is 145 Å². The maximum Gasteiger partial charge on any atom is 0.151 e. The first-order chi connectivity index (χ1) is 43.2. The van der Waals surface area contributed by atoms with Crippen molar-refractivity contribution in [3.63, 3.8) is 0 Å². The predicted octanol–water partition coefficient (Wildman–Crippen LogP) is 13.4. The van der Waals surface area contributed by atoms with Gasteiger partial charge in [-0.25, -0.2) is 8.42 Å². The molecular formula is C74H82O14S. The lowest BCUT2D eigenvalue weighted by Crippen LogP contribution is -2.65. The van der Waals surface area contributed by atoms with E-state index in [1.54, 1.807) is 85.3 Å². The number of hydrogen-bond acceptors (Lipinski definition) is 14. The van der Waals surface area contributed by atoms with Crippen molar-refractivity contribution in [3.8, 4) is 34.5 Å². The molecule has 0 radical (unpaired) electrons. The minimum absolute atomic E-state index is 0.508. The van der Waals surface area contributed by atoms with E-state index in [2.05, 4.69) is 0 Å². The molecule has 8 atom stereocenters. The number of para-hydroxylation sites is 6. The average molecular weight is 1230 g/mol. The molecule has 8 unspecified atom stereocenters. The van der Waals surface area contributed by atoms with Crippen LogP contribution in [0.3, 0.4) is 0 Å². The summed E-state index contributed by atoms with van der Waals surface area (Å²) in [5.74, 6) is 0.536. The van der Waals surface area contributed by atoms with Gasteiger partial charge in [0.2, 0.25) is 0 Å². The number of benzene rings is 6. The first-order valence-electron chi connectivity index (χ1n) is 29.0. The van der Waals surface area contributed by atoms with E-state index in [1.165, 1.54) is 0 Å². The molecule has 2 aliphatic carbocycles. The fourth-order valence-corrected chi connectivity index (χ4v) is 14.5. The molecule has 0 aliphatic heterocycles. The van der Waals surface area contributed by atoms with Crippen molar-refractivity contribution in [2.45, 2.75) is 34.6 Å². The summed E-state index contributed by atoms with van der Waals surface area (Å²) in [6.07, 6.45) is 24.4. The Kier molecular flexibility index (Phi) is 22.7. The maximum atomic E-state index is 16.6. The van der Waals surface area contributed by atoms with Crippen LogP contribution in [-0.2, 0) is 38.3 Å². The van der Waals surface area contributed by atoms with Crippen LogP contribution in [0, 0.1) is 11.8 Å². The third-order valence-corrected chi connectivity index (χ3v) is 18.6. The van der Waals surface area contributed by atoms with Crippen LogP contribution in [0.15, 0.2) is 205 Å². The van der Waals surface area contributed by atoms with Crippen LogP contribution in [0.25, 0.3) is 36.5 Å². The standard InChI is InChI=1S/C74H82O14S/c1-77-63-31-19-13-25-53(63)37-39-59-49-71(85-9,45-41-55-27-15-21-33-65(55)79-3)69(83-7)73(87-11,47-43-57-29-17-23-35-67(57)81-5)61(59)51-89(75,76)52-62-60(40-38-54-26-14-20-32-64(54)78-2)50-72(86-10,46-42-56-28-16-22-34-66(56)80-4)70(84-8)74(62,88-12)48-44-58-30-18-24-36-68(58)82-6/h13-50,61-62,69-70H,51-52H2,1-12H3/b39-37+,40-38+,45-41+,46-42+,47-43+,48-44+. The number of sulfone groups is 1. The van der Waals surface area contributed by atoms with Crippen LogP contribution < -0.4 is 28.4 Å². The van der Waals surface area contributed by atoms with E-state index in [0.29, 0.717) is 56.8 Å². The Morgan fingerprint density at radius 3 is 0.809 bits per heavy atom. The van der Waals surface area contributed by atoms with Crippen molar-refractivity contribution >= 4 is 46.3 Å². The van der Waals surface area contributed by atoms with E-state index in [1.807, 2.05) is 231 Å². The Labute approximate surface area is 525 Å². The normalized spacial score (nSPS) is 24.0. The zero-order chi connectivity index (χ0) is 63.7. The second kappa shape index (κ2) is 30.3. The lowest BCUT2D eigenvalue weighted by atomic mass is 9.66. The van der Waals surface area contributed by atoms with Gasteiger partial charge in [0.05, 0.1) is 54.2 Å². The molecule has 15 heteroatoms. The van der Waals surface area contributed by atoms with Crippen LogP contribution in [0.2, 0.25) is 0 Å². The van der Waals surface area contributed by atoms with E-state index < -0.39 is 67.8 Å². The van der Waals surface area contributed by atoms with Crippen LogP contribution in [-0.4, -0.2) is 140 Å². The molecule has 0 saturated heterocycles.